The fourth-order valence-corrected chi connectivity index (χ4v) is 3.36. The summed E-state index contributed by atoms with van der Waals surface area (Å²) >= 11 is 0. The lowest BCUT2D eigenvalue weighted by atomic mass is 10.1. The lowest BCUT2D eigenvalue weighted by Crippen LogP contribution is -2.22. The van der Waals surface area contributed by atoms with Crippen LogP contribution < -0.4 is 5.32 Å². The number of nitrogens with one attached hydrogen (secondary N) is 1. The van der Waals surface area contributed by atoms with E-state index in [0.29, 0.717) is 17.9 Å². The van der Waals surface area contributed by atoms with Crippen LogP contribution in [0, 0.1) is 5.92 Å². The van der Waals surface area contributed by atoms with Gasteiger partial charge in [0.2, 0.25) is 10.0 Å². The van der Waals surface area contributed by atoms with Crippen LogP contribution in [0.1, 0.15) is 34.6 Å². The number of anilines is 1. The number of Topliss-reactive ketones (excluding diaryl/α,β-unsaturated/α-hetero) is 1. The summed E-state index contributed by atoms with van der Waals surface area (Å²) in [4.78, 5) is 24.6. The molecule has 156 valence electrons. The van der Waals surface area contributed by atoms with Gasteiger partial charge in [-0.1, -0.05) is 32.0 Å². The number of benzene rings is 2. The van der Waals surface area contributed by atoms with E-state index < -0.39 is 16.0 Å². The number of ketones is 1. The minimum Gasteiger partial charge on any atom is -0.462 e. The van der Waals surface area contributed by atoms with Gasteiger partial charge in [-0.3, -0.25) is 4.79 Å². The summed E-state index contributed by atoms with van der Waals surface area (Å²) in [7, 11) is -0.747. The van der Waals surface area contributed by atoms with Crippen molar-refractivity contribution in [2.45, 2.75) is 18.7 Å². The first-order valence-corrected chi connectivity index (χ1v) is 10.6. The first-order valence-electron chi connectivity index (χ1n) is 9.18. The topological polar surface area (TPSA) is 92.8 Å². The van der Waals surface area contributed by atoms with Crippen LogP contribution in [0.2, 0.25) is 0 Å². The molecule has 2 rings (SSSR count). The molecule has 0 aromatic heterocycles. The first-order chi connectivity index (χ1) is 13.6. The summed E-state index contributed by atoms with van der Waals surface area (Å²) in [5.41, 5.74) is 1.27. The molecule has 0 amide bonds. The fourth-order valence-electron chi connectivity index (χ4n) is 2.41. The molecule has 0 saturated heterocycles. The van der Waals surface area contributed by atoms with Crippen LogP contribution in [0.3, 0.4) is 0 Å². The molecule has 29 heavy (non-hydrogen) atoms. The largest absolute Gasteiger partial charge is 0.462 e. The Labute approximate surface area is 171 Å². The number of sulfonamides is 1. The van der Waals surface area contributed by atoms with Crippen molar-refractivity contribution in [1.29, 1.82) is 0 Å². The van der Waals surface area contributed by atoms with Crippen molar-refractivity contribution in [1.82, 2.24) is 4.31 Å². The van der Waals surface area contributed by atoms with Crippen LogP contribution in [-0.4, -0.2) is 51.7 Å². The molecule has 0 aliphatic heterocycles. The third kappa shape index (κ3) is 6.13. The summed E-state index contributed by atoms with van der Waals surface area (Å²) in [5, 5.41) is 2.97. The van der Waals surface area contributed by atoms with Crippen LogP contribution in [0.15, 0.2) is 53.4 Å². The molecule has 0 fully saturated rings. The van der Waals surface area contributed by atoms with Crippen LogP contribution in [0.5, 0.6) is 0 Å². The number of carbonyl (C=O) groups excluding carboxylic acids is 2. The molecule has 0 heterocycles. The van der Waals surface area contributed by atoms with E-state index in [1.807, 2.05) is 13.8 Å². The highest BCUT2D eigenvalue weighted by atomic mass is 32.2. The van der Waals surface area contributed by atoms with Gasteiger partial charge in [-0.15, -0.1) is 0 Å². The lowest BCUT2D eigenvalue weighted by Gasteiger charge is -2.12. The number of nitrogens with zero attached hydrogens (tertiary/aromatic N) is 1. The minimum atomic E-state index is -3.62. The van der Waals surface area contributed by atoms with Crippen molar-refractivity contribution < 1.29 is 22.7 Å². The van der Waals surface area contributed by atoms with E-state index in [2.05, 4.69) is 5.32 Å². The smallest absolute Gasteiger partial charge is 0.338 e. The second-order valence-electron chi connectivity index (χ2n) is 7.17. The standard InChI is InChI=1S/C21H26N2O5S/c1-15(2)14-28-21(25)17-8-5-9-18(11-17)22-13-20(24)16-7-6-10-19(12-16)29(26,27)23(3)4/h5-12,15,22H,13-14H2,1-4H3. The van der Waals surface area contributed by atoms with Gasteiger partial charge in [-0.25, -0.2) is 17.5 Å². The number of esters is 1. The highest BCUT2D eigenvalue weighted by molar-refractivity contribution is 7.89. The molecule has 0 aliphatic carbocycles. The van der Waals surface area contributed by atoms with Crippen molar-refractivity contribution in [3.05, 3.63) is 59.7 Å². The summed E-state index contributed by atoms with van der Waals surface area (Å²) in [6.45, 7) is 4.20. The van der Waals surface area contributed by atoms with Gasteiger partial charge in [0.05, 0.1) is 23.6 Å². The van der Waals surface area contributed by atoms with Gasteiger partial charge in [0.25, 0.3) is 0 Å². The van der Waals surface area contributed by atoms with Crippen LogP contribution in [-0.2, 0) is 14.8 Å². The number of carbonyl (C=O) groups is 2. The first kappa shape index (κ1) is 22.6. The molecule has 1 N–H and O–H groups in total. The van der Waals surface area contributed by atoms with Gasteiger partial charge in [-0.05, 0) is 36.2 Å². The van der Waals surface area contributed by atoms with Crippen molar-refractivity contribution >= 4 is 27.5 Å². The van der Waals surface area contributed by atoms with Gasteiger partial charge in [0.15, 0.2) is 5.78 Å². The Morgan fingerprint density at radius 3 is 2.34 bits per heavy atom. The molecular weight excluding hydrogens is 392 g/mol. The highest BCUT2D eigenvalue weighted by Gasteiger charge is 2.18. The van der Waals surface area contributed by atoms with E-state index in [1.165, 1.54) is 32.3 Å². The second kappa shape index (κ2) is 9.67. The highest BCUT2D eigenvalue weighted by Crippen LogP contribution is 2.16. The Balaban J connectivity index is 2.06. The molecule has 8 heteroatoms. The molecular formula is C21H26N2O5S. The molecule has 0 radical (unpaired) electrons. The summed E-state index contributed by atoms with van der Waals surface area (Å²) < 4.78 is 30.8. The zero-order valence-electron chi connectivity index (χ0n) is 17.0. The SMILES string of the molecule is CC(C)COC(=O)c1cccc(NCC(=O)c2cccc(S(=O)(=O)N(C)C)c2)c1. The quantitative estimate of drug-likeness (QED) is 0.497. The summed E-state index contributed by atoms with van der Waals surface area (Å²) in [5.74, 6) is -0.450. The molecule has 7 nitrogen and oxygen atoms in total. The second-order valence-corrected chi connectivity index (χ2v) is 9.32. The Kier molecular flexibility index (Phi) is 7.53. The number of hydrogen-bond acceptors (Lipinski definition) is 6. The predicted molar refractivity (Wildman–Crippen MR) is 112 cm³/mol. The van der Waals surface area contributed by atoms with Gasteiger partial charge in [0.1, 0.15) is 0 Å². The zero-order chi connectivity index (χ0) is 21.6. The normalized spacial score (nSPS) is 11.5. The average Bonchev–Trinajstić information content (AvgIpc) is 2.70. The summed E-state index contributed by atoms with van der Waals surface area (Å²) in [6.07, 6.45) is 0. The molecule has 0 spiro atoms. The van der Waals surface area contributed by atoms with Gasteiger partial charge >= 0.3 is 5.97 Å². The zero-order valence-corrected chi connectivity index (χ0v) is 17.8. The van der Waals surface area contributed by atoms with E-state index in [4.69, 9.17) is 4.74 Å². The molecule has 0 saturated carbocycles. The molecule has 0 unspecified atom stereocenters. The van der Waals surface area contributed by atoms with Gasteiger partial charge in [-0.2, -0.15) is 0 Å². The lowest BCUT2D eigenvalue weighted by molar-refractivity contribution is 0.0459. The Morgan fingerprint density at radius 2 is 1.69 bits per heavy atom. The Bertz CT molecular complexity index is 984. The maximum atomic E-state index is 12.5. The van der Waals surface area contributed by atoms with Crippen molar-refractivity contribution in [3.8, 4) is 0 Å². The molecule has 0 atom stereocenters. The Hall–Kier alpha value is -2.71. The van der Waals surface area contributed by atoms with E-state index in [-0.39, 0.29) is 28.7 Å². The van der Waals surface area contributed by atoms with E-state index >= 15 is 0 Å². The summed E-state index contributed by atoms with van der Waals surface area (Å²) in [6, 6.07) is 12.6. The maximum absolute atomic E-state index is 12.5. The van der Waals surface area contributed by atoms with Crippen LogP contribution >= 0.6 is 0 Å². The number of hydrogen-bond donors (Lipinski definition) is 1. The van der Waals surface area contributed by atoms with Gasteiger partial charge < -0.3 is 10.1 Å². The van der Waals surface area contributed by atoms with Crippen molar-refractivity contribution in [2.75, 3.05) is 32.6 Å². The van der Waals surface area contributed by atoms with E-state index in [0.717, 1.165) is 4.31 Å². The van der Waals surface area contributed by atoms with Crippen LogP contribution in [0.4, 0.5) is 5.69 Å². The minimum absolute atomic E-state index is 0.0457. The average molecular weight is 419 g/mol. The number of rotatable bonds is 9. The molecule has 0 bridgehead atoms. The third-order valence-electron chi connectivity index (χ3n) is 4.03. The van der Waals surface area contributed by atoms with Crippen molar-refractivity contribution in [2.24, 2.45) is 5.92 Å². The molecule has 2 aromatic rings. The number of ether oxygens (including phenoxy) is 1. The maximum Gasteiger partial charge on any atom is 0.338 e. The fraction of sp³-hybridized carbons (Fsp3) is 0.333. The van der Waals surface area contributed by atoms with E-state index in [1.54, 1.807) is 30.3 Å². The van der Waals surface area contributed by atoms with E-state index in [9.17, 15) is 18.0 Å². The van der Waals surface area contributed by atoms with Crippen molar-refractivity contribution in [3.63, 3.8) is 0 Å². The third-order valence-corrected chi connectivity index (χ3v) is 5.84. The predicted octanol–water partition coefficient (Wildman–Crippen LogP) is 3.04. The molecule has 0 aliphatic rings. The van der Waals surface area contributed by atoms with Crippen LogP contribution in [0.25, 0.3) is 0 Å². The monoisotopic (exact) mass is 418 g/mol. The van der Waals surface area contributed by atoms with Gasteiger partial charge in [0, 0.05) is 25.3 Å². The molecule has 2 aromatic carbocycles. The Morgan fingerprint density at radius 1 is 1.03 bits per heavy atom.